The van der Waals surface area contributed by atoms with Crippen LogP contribution in [0.15, 0.2) is 60.7 Å². The summed E-state index contributed by atoms with van der Waals surface area (Å²) in [7, 11) is 0. The van der Waals surface area contributed by atoms with Crippen LogP contribution < -0.4 is 0 Å². The Balaban J connectivity index is 1.48. The number of hydrogen-bond donors (Lipinski definition) is 1. The normalized spacial score (nSPS) is 17.1. The van der Waals surface area contributed by atoms with Crippen LogP contribution in [-0.2, 0) is 11.2 Å². The van der Waals surface area contributed by atoms with Crippen molar-refractivity contribution in [2.75, 3.05) is 19.7 Å². The van der Waals surface area contributed by atoms with E-state index in [0.29, 0.717) is 25.4 Å². The molecule has 1 atom stereocenters. The second kappa shape index (κ2) is 7.76. The number of benzene rings is 2. The Labute approximate surface area is 159 Å². The minimum Gasteiger partial charge on any atom is -0.374 e. The number of nitrogens with one attached hydrogen (secondary N) is 1. The molecule has 0 spiro atoms. The van der Waals surface area contributed by atoms with Gasteiger partial charge < -0.3 is 14.6 Å². The average molecular weight is 361 g/mol. The summed E-state index contributed by atoms with van der Waals surface area (Å²) in [6, 6.07) is 20.1. The van der Waals surface area contributed by atoms with Gasteiger partial charge in [-0.05, 0) is 12.5 Å². The van der Waals surface area contributed by atoms with Crippen molar-refractivity contribution in [1.29, 1.82) is 0 Å². The van der Waals surface area contributed by atoms with Crippen LogP contribution in [0.5, 0.6) is 0 Å². The Hall–Kier alpha value is -2.92. The summed E-state index contributed by atoms with van der Waals surface area (Å²) < 4.78 is 5.88. The number of carbonyl (C=O) groups is 1. The van der Waals surface area contributed by atoms with E-state index in [1.807, 2.05) is 60.4 Å². The SMILES string of the molecule is Cc1[nH]c(-c2ccccc2)nc1C(=O)N1CCOC(Cc2ccccc2)C1. The molecule has 0 saturated carbocycles. The van der Waals surface area contributed by atoms with Gasteiger partial charge in [0.15, 0.2) is 0 Å². The average Bonchev–Trinajstić information content (AvgIpc) is 3.11. The van der Waals surface area contributed by atoms with Gasteiger partial charge in [0.1, 0.15) is 11.5 Å². The van der Waals surface area contributed by atoms with Gasteiger partial charge >= 0.3 is 0 Å². The highest BCUT2D eigenvalue weighted by Gasteiger charge is 2.28. The molecule has 1 saturated heterocycles. The molecule has 138 valence electrons. The summed E-state index contributed by atoms with van der Waals surface area (Å²) in [6.07, 6.45) is 0.817. The molecule has 1 aliphatic rings. The third kappa shape index (κ3) is 3.93. The quantitative estimate of drug-likeness (QED) is 0.774. The number of aromatic amines is 1. The van der Waals surface area contributed by atoms with E-state index in [1.54, 1.807) is 0 Å². The van der Waals surface area contributed by atoms with Crippen molar-refractivity contribution in [2.45, 2.75) is 19.4 Å². The molecule has 2 heterocycles. The molecule has 2 aromatic carbocycles. The van der Waals surface area contributed by atoms with Crippen LogP contribution in [0.2, 0.25) is 0 Å². The molecule has 27 heavy (non-hydrogen) atoms. The standard InChI is InChI=1S/C22H23N3O2/c1-16-20(24-21(23-16)18-10-6-3-7-11-18)22(26)25-12-13-27-19(15-25)14-17-8-4-2-5-9-17/h2-11,19H,12-15H2,1H3,(H,23,24). The first-order chi connectivity index (χ1) is 13.2. The minimum absolute atomic E-state index is 0.0120. The zero-order chi connectivity index (χ0) is 18.6. The second-order valence-corrected chi connectivity index (χ2v) is 6.86. The van der Waals surface area contributed by atoms with E-state index in [0.717, 1.165) is 23.5 Å². The van der Waals surface area contributed by atoms with Gasteiger partial charge in [-0.25, -0.2) is 4.98 Å². The van der Waals surface area contributed by atoms with Crippen LogP contribution in [0.25, 0.3) is 11.4 Å². The van der Waals surface area contributed by atoms with E-state index in [9.17, 15) is 4.79 Å². The maximum atomic E-state index is 13.1. The smallest absolute Gasteiger partial charge is 0.274 e. The van der Waals surface area contributed by atoms with Crippen molar-refractivity contribution in [3.05, 3.63) is 77.6 Å². The predicted molar refractivity (Wildman–Crippen MR) is 105 cm³/mol. The zero-order valence-corrected chi connectivity index (χ0v) is 15.4. The van der Waals surface area contributed by atoms with Crippen molar-refractivity contribution in [3.63, 3.8) is 0 Å². The van der Waals surface area contributed by atoms with E-state index < -0.39 is 0 Å². The summed E-state index contributed by atoms with van der Waals surface area (Å²) in [6.45, 7) is 3.63. The molecule has 1 fully saturated rings. The lowest BCUT2D eigenvalue weighted by Gasteiger charge is -2.32. The Bertz CT molecular complexity index is 906. The van der Waals surface area contributed by atoms with E-state index in [1.165, 1.54) is 5.56 Å². The topological polar surface area (TPSA) is 58.2 Å². The highest BCUT2D eigenvalue weighted by molar-refractivity contribution is 5.94. The third-order valence-corrected chi connectivity index (χ3v) is 4.87. The molecule has 1 aliphatic heterocycles. The van der Waals surface area contributed by atoms with Crippen LogP contribution >= 0.6 is 0 Å². The summed E-state index contributed by atoms with van der Waals surface area (Å²) in [4.78, 5) is 22.7. The second-order valence-electron chi connectivity index (χ2n) is 6.86. The maximum absolute atomic E-state index is 13.1. The van der Waals surface area contributed by atoms with Gasteiger partial charge in [-0.3, -0.25) is 4.79 Å². The maximum Gasteiger partial charge on any atom is 0.274 e. The lowest BCUT2D eigenvalue weighted by molar-refractivity contribution is -0.0210. The van der Waals surface area contributed by atoms with E-state index in [-0.39, 0.29) is 12.0 Å². The highest BCUT2D eigenvalue weighted by atomic mass is 16.5. The van der Waals surface area contributed by atoms with Crippen LogP contribution in [0.4, 0.5) is 0 Å². The molecule has 5 heteroatoms. The molecule has 5 nitrogen and oxygen atoms in total. The lowest BCUT2D eigenvalue weighted by atomic mass is 10.1. The molecule has 4 rings (SSSR count). The number of carbonyl (C=O) groups excluding carboxylic acids is 1. The van der Waals surface area contributed by atoms with Crippen LogP contribution in [0.1, 0.15) is 21.7 Å². The first-order valence-electron chi connectivity index (χ1n) is 9.27. The zero-order valence-electron chi connectivity index (χ0n) is 15.4. The van der Waals surface area contributed by atoms with Crippen LogP contribution in [-0.4, -0.2) is 46.6 Å². The van der Waals surface area contributed by atoms with E-state index >= 15 is 0 Å². The number of rotatable bonds is 4. The van der Waals surface area contributed by atoms with Crippen molar-refractivity contribution in [3.8, 4) is 11.4 Å². The third-order valence-electron chi connectivity index (χ3n) is 4.87. The predicted octanol–water partition coefficient (Wildman–Crippen LogP) is 3.47. The number of aryl methyl sites for hydroxylation is 1. The molecule has 0 radical (unpaired) electrons. The number of ether oxygens (including phenoxy) is 1. The van der Waals surface area contributed by atoms with Gasteiger partial charge in [0.2, 0.25) is 0 Å². The van der Waals surface area contributed by atoms with Gasteiger partial charge in [-0.1, -0.05) is 60.7 Å². The summed E-state index contributed by atoms with van der Waals surface area (Å²) >= 11 is 0. The Morgan fingerprint density at radius 2 is 1.85 bits per heavy atom. The van der Waals surface area contributed by atoms with Gasteiger partial charge in [-0.15, -0.1) is 0 Å². The van der Waals surface area contributed by atoms with Crippen molar-refractivity contribution < 1.29 is 9.53 Å². The van der Waals surface area contributed by atoms with Gasteiger partial charge in [-0.2, -0.15) is 0 Å². The monoisotopic (exact) mass is 361 g/mol. The van der Waals surface area contributed by atoms with E-state index in [4.69, 9.17) is 4.74 Å². The molecular weight excluding hydrogens is 338 g/mol. The first kappa shape index (κ1) is 17.5. The number of H-pyrrole nitrogens is 1. The molecule has 1 amide bonds. The molecule has 0 bridgehead atoms. The van der Waals surface area contributed by atoms with Gasteiger partial charge in [0, 0.05) is 30.8 Å². The van der Waals surface area contributed by atoms with Gasteiger partial charge in [0.05, 0.1) is 12.7 Å². The summed E-state index contributed by atoms with van der Waals surface area (Å²) in [5, 5.41) is 0. The summed E-state index contributed by atoms with van der Waals surface area (Å²) in [5.41, 5.74) is 3.49. The number of amides is 1. The van der Waals surface area contributed by atoms with E-state index in [2.05, 4.69) is 22.1 Å². The van der Waals surface area contributed by atoms with Gasteiger partial charge in [0.25, 0.3) is 5.91 Å². The van der Waals surface area contributed by atoms with Crippen LogP contribution in [0, 0.1) is 6.92 Å². The Morgan fingerprint density at radius 3 is 2.59 bits per heavy atom. The first-order valence-corrected chi connectivity index (χ1v) is 9.27. The molecule has 3 aromatic rings. The number of morpholine rings is 1. The molecule has 1 aromatic heterocycles. The van der Waals surface area contributed by atoms with Crippen LogP contribution in [0.3, 0.4) is 0 Å². The summed E-state index contributed by atoms with van der Waals surface area (Å²) in [5.74, 6) is 0.692. The fourth-order valence-corrected chi connectivity index (χ4v) is 3.46. The number of aromatic nitrogens is 2. The number of hydrogen-bond acceptors (Lipinski definition) is 3. The highest BCUT2D eigenvalue weighted by Crippen LogP contribution is 2.20. The Morgan fingerprint density at radius 1 is 1.15 bits per heavy atom. The number of imidazole rings is 1. The molecule has 0 aliphatic carbocycles. The minimum atomic E-state index is -0.0349. The van der Waals surface area contributed by atoms with Crippen molar-refractivity contribution >= 4 is 5.91 Å². The number of nitrogens with zero attached hydrogens (tertiary/aromatic N) is 2. The largest absolute Gasteiger partial charge is 0.374 e. The van der Waals surface area contributed by atoms with Crippen molar-refractivity contribution in [1.82, 2.24) is 14.9 Å². The molecule has 1 unspecified atom stereocenters. The van der Waals surface area contributed by atoms with Crippen molar-refractivity contribution in [2.24, 2.45) is 0 Å². The fraction of sp³-hybridized carbons (Fsp3) is 0.273. The molecule has 1 N–H and O–H groups in total. The Kier molecular flexibility index (Phi) is 5.03. The lowest BCUT2D eigenvalue weighted by Crippen LogP contribution is -2.46. The fourth-order valence-electron chi connectivity index (χ4n) is 3.46. The molecular formula is C22H23N3O2.